The van der Waals surface area contributed by atoms with Gasteiger partial charge in [0.25, 0.3) is 0 Å². The van der Waals surface area contributed by atoms with Gasteiger partial charge < -0.3 is 14.6 Å². The van der Waals surface area contributed by atoms with Crippen LogP contribution in [0, 0.1) is 0 Å². The highest BCUT2D eigenvalue weighted by molar-refractivity contribution is 5.89. The van der Waals surface area contributed by atoms with Crippen molar-refractivity contribution in [2.75, 3.05) is 13.9 Å². The maximum atomic E-state index is 12.0. The number of aromatic hydroxyl groups is 1. The molecule has 0 radical (unpaired) electrons. The highest BCUT2D eigenvalue weighted by Crippen LogP contribution is 2.21. The van der Waals surface area contributed by atoms with Crippen molar-refractivity contribution in [2.24, 2.45) is 0 Å². The fourth-order valence-corrected chi connectivity index (χ4v) is 3.34. The van der Waals surface area contributed by atoms with Gasteiger partial charge in [0.2, 0.25) is 0 Å². The van der Waals surface area contributed by atoms with E-state index >= 15 is 0 Å². The maximum Gasteiger partial charge on any atom is 0.340 e. The molecule has 0 aliphatic rings. The Labute approximate surface area is 200 Å². The van der Waals surface area contributed by atoms with E-state index in [0.29, 0.717) is 17.5 Å². The predicted octanol–water partition coefficient (Wildman–Crippen LogP) is 7.84. The zero-order valence-electron chi connectivity index (χ0n) is 21.4. The van der Waals surface area contributed by atoms with Gasteiger partial charge in [0.05, 0.1) is 5.56 Å². The maximum absolute atomic E-state index is 12.0. The second kappa shape index (κ2) is 16.1. The number of methoxy groups -OCH3 is 1. The first-order valence-corrected chi connectivity index (χ1v) is 11.8. The third-order valence-corrected chi connectivity index (χ3v) is 5.45. The molecular formula is C29H42O4. The van der Waals surface area contributed by atoms with Gasteiger partial charge in [-0.25, -0.2) is 4.79 Å². The number of rotatable bonds is 14. The molecule has 0 aromatic heterocycles. The summed E-state index contributed by atoms with van der Waals surface area (Å²) in [6, 6.07) is 4.77. The van der Waals surface area contributed by atoms with Crippen LogP contribution in [0.3, 0.4) is 0 Å². The Morgan fingerprint density at radius 1 is 0.848 bits per heavy atom. The van der Waals surface area contributed by atoms with Crippen molar-refractivity contribution in [3.63, 3.8) is 0 Å². The SMILES string of the molecule is COCOC(=O)c1ccc(O)c(CC=C(C)CCC=C(C)CCC=C(C)CCC=C(C)C)c1. The lowest BCUT2D eigenvalue weighted by atomic mass is 10.0. The van der Waals surface area contributed by atoms with Crippen LogP contribution >= 0.6 is 0 Å². The zero-order chi connectivity index (χ0) is 24.6. The summed E-state index contributed by atoms with van der Waals surface area (Å²) >= 11 is 0. The lowest BCUT2D eigenvalue weighted by Gasteiger charge is -2.07. The molecule has 0 saturated heterocycles. The molecule has 0 spiro atoms. The van der Waals surface area contributed by atoms with Gasteiger partial charge in [-0.15, -0.1) is 0 Å². The second-order valence-corrected chi connectivity index (χ2v) is 8.93. The summed E-state index contributed by atoms with van der Waals surface area (Å²) in [6.07, 6.45) is 16.1. The van der Waals surface area contributed by atoms with Crippen LogP contribution in [0.25, 0.3) is 0 Å². The van der Waals surface area contributed by atoms with Crippen LogP contribution in [-0.4, -0.2) is 25.0 Å². The Morgan fingerprint density at radius 3 is 1.94 bits per heavy atom. The van der Waals surface area contributed by atoms with Crippen molar-refractivity contribution in [1.82, 2.24) is 0 Å². The Balaban J connectivity index is 2.48. The normalized spacial score (nSPS) is 12.6. The van der Waals surface area contributed by atoms with Gasteiger partial charge in [0.15, 0.2) is 6.79 Å². The second-order valence-electron chi connectivity index (χ2n) is 8.93. The zero-order valence-corrected chi connectivity index (χ0v) is 21.4. The molecule has 0 saturated carbocycles. The predicted molar refractivity (Wildman–Crippen MR) is 138 cm³/mol. The van der Waals surface area contributed by atoms with E-state index in [0.717, 1.165) is 38.5 Å². The van der Waals surface area contributed by atoms with Gasteiger partial charge in [-0.2, -0.15) is 0 Å². The standard InChI is InChI=1S/C29H42O4/c1-22(2)10-7-11-23(3)12-8-13-24(4)14-9-15-25(5)16-17-26-20-27(18-19-28(26)30)29(31)33-21-32-6/h10,12,14,16,18-20,30H,7-9,11,13,15,17,21H2,1-6H3. The average Bonchev–Trinajstić information content (AvgIpc) is 2.76. The van der Waals surface area contributed by atoms with E-state index < -0.39 is 5.97 Å². The fourth-order valence-electron chi connectivity index (χ4n) is 3.34. The molecule has 4 nitrogen and oxygen atoms in total. The molecule has 0 heterocycles. The topological polar surface area (TPSA) is 55.8 Å². The number of phenolic OH excluding ortho intramolecular Hbond substituents is 1. The number of hydrogen-bond acceptors (Lipinski definition) is 4. The van der Waals surface area contributed by atoms with Crippen LogP contribution < -0.4 is 0 Å². The summed E-state index contributed by atoms with van der Waals surface area (Å²) in [6.45, 7) is 10.7. The van der Waals surface area contributed by atoms with Crippen molar-refractivity contribution in [3.8, 4) is 5.75 Å². The molecule has 1 aromatic rings. The van der Waals surface area contributed by atoms with E-state index in [1.165, 1.54) is 35.5 Å². The fraction of sp³-hybridized carbons (Fsp3) is 0.483. The molecule has 0 amide bonds. The number of ether oxygens (including phenoxy) is 2. The van der Waals surface area contributed by atoms with Crippen LogP contribution in [0.5, 0.6) is 5.75 Å². The quantitative estimate of drug-likeness (QED) is 0.177. The largest absolute Gasteiger partial charge is 0.508 e. The average molecular weight is 455 g/mol. The van der Waals surface area contributed by atoms with E-state index in [1.54, 1.807) is 12.1 Å². The molecule has 0 aliphatic carbocycles. The van der Waals surface area contributed by atoms with Crippen molar-refractivity contribution >= 4 is 5.97 Å². The van der Waals surface area contributed by atoms with Gasteiger partial charge in [-0.1, -0.05) is 46.6 Å². The summed E-state index contributed by atoms with van der Waals surface area (Å²) in [7, 11) is 1.46. The van der Waals surface area contributed by atoms with Crippen LogP contribution in [0.15, 0.2) is 64.8 Å². The van der Waals surface area contributed by atoms with Crippen molar-refractivity contribution in [3.05, 3.63) is 75.9 Å². The Hall–Kier alpha value is -2.59. The minimum Gasteiger partial charge on any atom is -0.508 e. The Bertz CT molecular complexity index is 868. The number of esters is 1. The van der Waals surface area contributed by atoms with Crippen LogP contribution in [0.2, 0.25) is 0 Å². The third kappa shape index (κ3) is 12.9. The van der Waals surface area contributed by atoms with E-state index in [2.05, 4.69) is 58.9 Å². The Morgan fingerprint density at radius 2 is 1.39 bits per heavy atom. The number of carbonyl (C=O) groups excluding carboxylic acids is 1. The molecule has 0 aliphatic heterocycles. The summed E-state index contributed by atoms with van der Waals surface area (Å²) in [5.74, 6) is -0.278. The highest BCUT2D eigenvalue weighted by atomic mass is 16.7. The van der Waals surface area contributed by atoms with Gasteiger partial charge in [0, 0.05) is 7.11 Å². The summed E-state index contributed by atoms with van der Waals surface area (Å²) in [5, 5.41) is 10.1. The first-order valence-electron chi connectivity index (χ1n) is 11.8. The van der Waals surface area contributed by atoms with Crippen LogP contribution in [0.1, 0.15) is 89.1 Å². The molecule has 182 valence electrons. The van der Waals surface area contributed by atoms with Gasteiger partial charge in [-0.05, 0) is 103 Å². The highest BCUT2D eigenvalue weighted by Gasteiger charge is 2.10. The van der Waals surface area contributed by atoms with Gasteiger partial charge in [0.1, 0.15) is 5.75 Å². The molecule has 4 heteroatoms. The first kappa shape index (κ1) is 28.4. The first-order chi connectivity index (χ1) is 15.7. The molecule has 1 rings (SSSR count). The number of benzene rings is 1. The lowest BCUT2D eigenvalue weighted by molar-refractivity contribution is -0.0125. The van der Waals surface area contributed by atoms with Gasteiger partial charge in [-0.3, -0.25) is 0 Å². The molecule has 1 N–H and O–H groups in total. The molecule has 1 aromatic carbocycles. The summed E-state index contributed by atoms with van der Waals surface area (Å²) in [5.41, 5.74) is 6.67. The van der Waals surface area contributed by atoms with Crippen molar-refractivity contribution in [2.45, 2.75) is 79.6 Å². The molecule has 0 atom stereocenters. The van der Waals surface area contributed by atoms with Crippen LogP contribution in [0.4, 0.5) is 0 Å². The number of hydrogen-bond donors (Lipinski definition) is 1. The summed E-state index contributed by atoms with van der Waals surface area (Å²) < 4.78 is 9.73. The molecular weight excluding hydrogens is 412 g/mol. The van der Waals surface area contributed by atoms with E-state index in [9.17, 15) is 9.90 Å². The van der Waals surface area contributed by atoms with Crippen molar-refractivity contribution < 1.29 is 19.4 Å². The van der Waals surface area contributed by atoms with E-state index in [4.69, 9.17) is 9.47 Å². The van der Waals surface area contributed by atoms with E-state index in [1.807, 2.05) is 0 Å². The molecule has 0 fully saturated rings. The smallest absolute Gasteiger partial charge is 0.340 e. The minimum atomic E-state index is -0.461. The van der Waals surface area contributed by atoms with E-state index in [-0.39, 0.29) is 12.5 Å². The summed E-state index contributed by atoms with van der Waals surface area (Å²) in [4.78, 5) is 12.0. The lowest BCUT2D eigenvalue weighted by Crippen LogP contribution is -2.07. The molecule has 0 bridgehead atoms. The number of allylic oxidation sites excluding steroid dienone is 8. The third-order valence-electron chi connectivity index (χ3n) is 5.45. The number of carbonyl (C=O) groups is 1. The number of phenols is 1. The Kier molecular flexibility index (Phi) is 13.9. The van der Waals surface area contributed by atoms with Gasteiger partial charge >= 0.3 is 5.97 Å². The van der Waals surface area contributed by atoms with Crippen molar-refractivity contribution in [1.29, 1.82) is 0 Å². The monoisotopic (exact) mass is 454 g/mol. The molecule has 33 heavy (non-hydrogen) atoms. The minimum absolute atomic E-state index is 0.0901. The van der Waals surface area contributed by atoms with Crippen LogP contribution in [-0.2, 0) is 15.9 Å². The molecule has 0 unspecified atom stereocenters.